The van der Waals surface area contributed by atoms with E-state index in [1.54, 1.807) is 35.8 Å². The van der Waals surface area contributed by atoms with Gasteiger partial charge in [-0.25, -0.2) is 15.0 Å². The number of aromatic nitrogens is 2. The van der Waals surface area contributed by atoms with Crippen LogP contribution in [0.5, 0.6) is 0 Å². The zero-order chi connectivity index (χ0) is 23.3. The number of benzene rings is 1. The lowest BCUT2D eigenvalue weighted by molar-refractivity contribution is -0.0756. The molecular formula is C21H23FN6O3S. The number of pyridine rings is 2. The van der Waals surface area contributed by atoms with E-state index in [0.717, 1.165) is 5.06 Å². The monoisotopic (exact) mass is 458 g/mol. The molecule has 2 heterocycles. The lowest BCUT2D eigenvalue weighted by Crippen LogP contribution is -2.27. The summed E-state index contributed by atoms with van der Waals surface area (Å²) >= 11 is -1.26. The molecule has 0 radical (unpaired) electrons. The molecule has 1 unspecified atom stereocenters. The first-order valence-electron chi connectivity index (χ1n) is 9.45. The van der Waals surface area contributed by atoms with E-state index in [1.807, 2.05) is 18.2 Å². The number of para-hydroxylation sites is 2. The summed E-state index contributed by atoms with van der Waals surface area (Å²) in [5.74, 6) is -0.459. The molecule has 0 saturated carbocycles. The number of anilines is 5. The van der Waals surface area contributed by atoms with Gasteiger partial charge in [0.2, 0.25) is 5.95 Å². The molecule has 9 nitrogen and oxygen atoms in total. The Morgan fingerprint density at radius 2 is 1.84 bits per heavy atom. The molecule has 0 aliphatic heterocycles. The normalized spacial score (nSPS) is 11.6. The molecule has 1 amide bonds. The highest BCUT2D eigenvalue weighted by molar-refractivity contribution is 7.92. The predicted molar refractivity (Wildman–Crippen MR) is 123 cm³/mol. The van der Waals surface area contributed by atoms with Gasteiger partial charge < -0.3 is 15.2 Å². The van der Waals surface area contributed by atoms with Gasteiger partial charge in [-0.15, -0.1) is 0 Å². The van der Waals surface area contributed by atoms with Crippen LogP contribution in [0.3, 0.4) is 0 Å². The number of rotatable bonds is 8. The maximum atomic E-state index is 13.4. The van der Waals surface area contributed by atoms with Crippen LogP contribution in [-0.4, -0.2) is 53.0 Å². The van der Waals surface area contributed by atoms with Crippen molar-refractivity contribution in [1.29, 1.82) is 0 Å². The van der Waals surface area contributed by atoms with Crippen molar-refractivity contribution in [2.75, 3.05) is 42.4 Å². The molecule has 0 aliphatic carbocycles. The van der Waals surface area contributed by atoms with Crippen molar-refractivity contribution in [2.45, 2.75) is 0 Å². The summed E-state index contributed by atoms with van der Waals surface area (Å²) in [6.45, 7) is 0. The van der Waals surface area contributed by atoms with E-state index < -0.39 is 23.2 Å². The summed E-state index contributed by atoms with van der Waals surface area (Å²) in [4.78, 5) is 25.8. The van der Waals surface area contributed by atoms with Gasteiger partial charge in [0.05, 0.1) is 42.5 Å². The van der Waals surface area contributed by atoms with E-state index in [9.17, 15) is 13.7 Å². The lowest BCUT2D eigenvalue weighted by atomic mass is 10.2. The molecular weight excluding hydrogens is 435 g/mol. The highest BCUT2D eigenvalue weighted by Gasteiger charge is 2.20. The lowest BCUT2D eigenvalue weighted by Gasteiger charge is -2.23. The summed E-state index contributed by atoms with van der Waals surface area (Å²) in [5.41, 5.74) is 1.95. The van der Waals surface area contributed by atoms with Gasteiger partial charge in [0, 0.05) is 19.3 Å². The fourth-order valence-corrected chi connectivity index (χ4v) is 3.23. The van der Waals surface area contributed by atoms with Crippen LogP contribution in [0, 0.1) is 5.95 Å². The smallest absolute Gasteiger partial charge is 0.280 e. The fourth-order valence-electron chi connectivity index (χ4n) is 2.80. The summed E-state index contributed by atoms with van der Waals surface area (Å²) in [6.07, 6.45) is 2.95. The molecule has 2 N–H and O–H groups in total. The highest BCUT2D eigenvalue weighted by Crippen LogP contribution is 2.32. The molecule has 168 valence electrons. The molecule has 3 rings (SSSR count). The van der Waals surface area contributed by atoms with Crippen LogP contribution in [0.2, 0.25) is 0 Å². The molecule has 0 aliphatic rings. The maximum Gasteiger partial charge on any atom is 0.280 e. The summed E-state index contributed by atoms with van der Waals surface area (Å²) < 4.78 is 27.1. The van der Waals surface area contributed by atoms with Crippen LogP contribution in [0.15, 0.2) is 54.7 Å². The Morgan fingerprint density at radius 3 is 2.53 bits per heavy atom. The standard InChI is InChI=1S/C21H23FN6O3S/c1-27(31-3)21(29)14-13-23-20(26-19-11-7-10-18(22)25-19)12-16(14)24-15-8-5-6-9-17(15)28(2)32(4)30/h5-13H,1-4H3,(H2,23,24,25,26). The Hall–Kier alpha value is -3.41. The topological polar surface area (TPSA) is 106 Å². The Morgan fingerprint density at radius 1 is 1.09 bits per heavy atom. The van der Waals surface area contributed by atoms with Crippen molar-refractivity contribution in [2.24, 2.45) is 0 Å². The molecule has 11 heteroatoms. The number of hydroxylamine groups is 2. The van der Waals surface area contributed by atoms with Crippen molar-refractivity contribution in [3.8, 4) is 0 Å². The highest BCUT2D eigenvalue weighted by atomic mass is 32.2. The molecule has 3 aromatic rings. The summed E-state index contributed by atoms with van der Waals surface area (Å²) in [5, 5.41) is 7.21. The average molecular weight is 459 g/mol. The first-order valence-corrected chi connectivity index (χ1v) is 11.0. The van der Waals surface area contributed by atoms with E-state index in [2.05, 4.69) is 20.6 Å². The Labute approximate surface area is 188 Å². The molecule has 32 heavy (non-hydrogen) atoms. The maximum absolute atomic E-state index is 13.4. The zero-order valence-electron chi connectivity index (χ0n) is 18.0. The van der Waals surface area contributed by atoms with Crippen molar-refractivity contribution < 1.29 is 18.6 Å². The van der Waals surface area contributed by atoms with Gasteiger partial charge >= 0.3 is 0 Å². The first-order chi connectivity index (χ1) is 15.3. The molecule has 0 saturated heterocycles. The quantitative estimate of drug-likeness (QED) is 0.300. The molecule has 1 aromatic carbocycles. The third-order valence-electron chi connectivity index (χ3n) is 4.56. The number of hydrogen-bond acceptors (Lipinski definition) is 8. The van der Waals surface area contributed by atoms with Crippen molar-refractivity contribution in [3.05, 3.63) is 66.2 Å². The number of hydrogen-bond donors (Lipinski definition) is 2. The largest absolute Gasteiger partial charge is 0.593 e. The molecule has 1 atom stereocenters. The van der Waals surface area contributed by atoms with Gasteiger partial charge in [-0.05, 0) is 24.3 Å². The molecule has 0 spiro atoms. The minimum Gasteiger partial charge on any atom is -0.593 e. The second-order valence-electron chi connectivity index (χ2n) is 6.63. The first kappa shape index (κ1) is 23.3. The van der Waals surface area contributed by atoms with Crippen molar-refractivity contribution >= 4 is 46.0 Å². The van der Waals surface area contributed by atoms with E-state index >= 15 is 0 Å². The Balaban J connectivity index is 2.02. The number of nitrogens with zero attached hydrogens (tertiary/aromatic N) is 4. The van der Waals surface area contributed by atoms with Crippen LogP contribution >= 0.6 is 0 Å². The van der Waals surface area contributed by atoms with Crippen LogP contribution < -0.4 is 14.9 Å². The van der Waals surface area contributed by atoms with Gasteiger partial charge in [0.25, 0.3) is 5.91 Å². The van der Waals surface area contributed by atoms with Crippen molar-refractivity contribution in [3.63, 3.8) is 0 Å². The molecule has 0 bridgehead atoms. The van der Waals surface area contributed by atoms with Gasteiger partial charge in [-0.3, -0.25) is 9.63 Å². The summed E-state index contributed by atoms with van der Waals surface area (Å²) in [6, 6.07) is 13.2. The van der Waals surface area contributed by atoms with Crippen LogP contribution in [0.4, 0.5) is 33.1 Å². The average Bonchev–Trinajstić information content (AvgIpc) is 2.78. The van der Waals surface area contributed by atoms with E-state index in [1.165, 1.54) is 32.5 Å². The zero-order valence-corrected chi connectivity index (χ0v) is 18.8. The number of nitrogens with one attached hydrogen (secondary N) is 2. The number of amides is 1. The third kappa shape index (κ3) is 5.44. The fraction of sp³-hybridized carbons (Fsp3) is 0.190. The minimum absolute atomic E-state index is 0.238. The number of carbonyl (C=O) groups is 1. The summed E-state index contributed by atoms with van der Waals surface area (Å²) in [7, 11) is 4.57. The Bertz CT molecular complexity index is 1100. The number of carbonyl (C=O) groups excluding carboxylic acids is 1. The van der Waals surface area contributed by atoms with Gasteiger partial charge in [-0.2, -0.15) is 8.70 Å². The SMILES string of the molecule is CON(C)C(=O)c1cnc(Nc2cccc(F)n2)cc1Nc1ccccc1N(C)[S+](C)[O-]. The predicted octanol–water partition coefficient (Wildman–Crippen LogP) is 3.47. The van der Waals surface area contributed by atoms with Crippen molar-refractivity contribution in [1.82, 2.24) is 15.0 Å². The number of halogens is 1. The molecule has 2 aromatic heterocycles. The third-order valence-corrected chi connectivity index (χ3v) is 5.53. The van der Waals surface area contributed by atoms with E-state index in [-0.39, 0.29) is 11.4 Å². The van der Waals surface area contributed by atoms with Gasteiger partial charge in [0.1, 0.15) is 23.6 Å². The van der Waals surface area contributed by atoms with Crippen LogP contribution in [0.25, 0.3) is 0 Å². The van der Waals surface area contributed by atoms with E-state index in [4.69, 9.17) is 4.84 Å². The van der Waals surface area contributed by atoms with Gasteiger partial charge in [0.15, 0.2) is 0 Å². The minimum atomic E-state index is -1.26. The van der Waals surface area contributed by atoms with Crippen LogP contribution in [-0.2, 0) is 16.2 Å². The van der Waals surface area contributed by atoms with E-state index in [0.29, 0.717) is 22.9 Å². The second kappa shape index (κ2) is 10.3. The Kier molecular flexibility index (Phi) is 7.46. The molecule has 0 fully saturated rings. The van der Waals surface area contributed by atoms with Gasteiger partial charge in [-0.1, -0.05) is 18.2 Å². The van der Waals surface area contributed by atoms with Crippen LogP contribution in [0.1, 0.15) is 10.4 Å². The second-order valence-corrected chi connectivity index (χ2v) is 8.03.